The van der Waals surface area contributed by atoms with Crippen LogP contribution in [0, 0.1) is 5.92 Å². The summed E-state index contributed by atoms with van der Waals surface area (Å²) in [5, 5.41) is 16.6. The maximum absolute atomic E-state index is 11.7. The van der Waals surface area contributed by atoms with Crippen LogP contribution < -0.4 is 10.6 Å². The van der Waals surface area contributed by atoms with E-state index in [1.54, 1.807) is 6.92 Å². The third-order valence-corrected chi connectivity index (χ3v) is 4.50. The molecule has 2 fully saturated rings. The summed E-state index contributed by atoms with van der Waals surface area (Å²) in [6, 6.07) is -0.203. The first-order chi connectivity index (χ1) is 10.0. The number of ether oxygens (including phenoxy) is 1. The van der Waals surface area contributed by atoms with Crippen molar-refractivity contribution in [3.05, 3.63) is 0 Å². The van der Waals surface area contributed by atoms with E-state index in [-0.39, 0.29) is 23.8 Å². The van der Waals surface area contributed by atoms with E-state index in [2.05, 4.69) is 10.6 Å². The molecule has 1 amide bonds. The number of carbonyl (C=O) groups is 2. The third-order valence-electron chi connectivity index (χ3n) is 4.50. The lowest BCUT2D eigenvalue weighted by atomic mass is 9.78. The maximum Gasteiger partial charge on any atom is 0.308 e. The first kappa shape index (κ1) is 16.2. The summed E-state index contributed by atoms with van der Waals surface area (Å²) in [4.78, 5) is 23.4. The van der Waals surface area contributed by atoms with E-state index in [0.717, 1.165) is 19.4 Å². The number of hydrogen-bond donors (Lipinski definition) is 3. The SMILES string of the molecule is CCOC(=O)C1CCC(O)(CNC2CCCNC2=O)CC1. The molecule has 3 N–H and O–H groups in total. The predicted octanol–water partition coefficient (Wildman–Crippen LogP) is 0.339. The van der Waals surface area contributed by atoms with Gasteiger partial charge in [-0.3, -0.25) is 9.59 Å². The van der Waals surface area contributed by atoms with E-state index in [9.17, 15) is 14.7 Å². The minimum absolute atomic E-state index is 0.0186. The van der Waals surface area contributed by atoms with E-state index in [0.29, 0.717) is 38.8 Å². The van der Waals surface area contributed by atoms with Gasteiger partial charge in [-0.1, -0.05) is 0 Å². The molecular weight excluding hydrogens is 272 g/mol. The largest absolute Gasteiger partial charge is 0.466 e. The molecule has 1 atom stereocenters. The molecule has 0 aromatic rings. The van der Waals surface area contributed by atoms with Crippen LogP contribution in [0.25, 0.3) is 0 Å². The Kier molecular flexibility index (Phi) is 5.58. The maximum atomic E-state index is 11.7. The van der Waals surface area contributed by atoms with Crippen LogP contribution in [-0.4, -0.2) is 48.3 Å². The Bertz CT molecular complexity index is 378. The topological polar surface area (TPSA) is 87.7 Å². The molecule has 0 bridgehead atoms. The fraction of sp³-hybridized carbons (Fsp3) is 0.867. The van der Waals surface area contributed by atoms with Gasteiger partial charge in [0.2, 0.25) is 5.91 Å². The molecule has 1 aliphatic heterocycles. The van der Waals surface area contributed by atoms with Crippen LogP contribution in [0.15, 0.2) is 0 Å². The van der Waals surface area contributed by atoms with Gasteiger partial charge in [0.15, 0.2) is 0 Å². The minimum Gasteiger partial charge on any atom is -0.466 e. The molecule has 6 nitrogen and oxygen atoms in total. The van der Waals surface area contributed by atoms with Gasteiger partial charge >= 0.3 is 5.97 Å². The third kappa shape index (κ3) is 4.41. The standard InChI is InChI=1S/C15H26N2O4/c1-2-21-14(19)11-5-7-15(20,8-6-11)10-17-12-4-3-9-16-13(12)18/h11-12,17,20H,2-10H2,1H3,(H,16,18). The van der Waals surface area contributed by atoms with Gasteiger partial charge in [0.25, 0.3) is 0 Å². The van der Waals surface area contributed by atoms with Crippen molar-refractivity contribution in [3.63, 3.8) is 0 Å². The fourth-order valence-electron chi connectivity index (χ4n) is 3.11. The zero-order chi connectivity index (χ0) is 15.3. The Labute approximate surface area is 125 Å². The number of rotatable bonds is 5. The van der Waals surface area contributed by atoms with Crippen molar-refractivity contribution in [2.45, 2.75) is 57.1 Å². The number of amides is 1. The molecule has 2 aliphatic rings. The summed E-state index contributed by atoms with van der Waals surface area (Å²) in [6.07, 6.45) is 4.21. The van der Waals surface area contributed by atoms with Gasteiger partial charge in [0, 0.05) is 13.1 Å². The van der Waals surface area contributed by atoms with Gasteiger partial charge in [-0.15, -0.1) is 0 Å². The highest BCUT2D eigenvalue weighted by Gasteiger charge is 2.37. The number of piperidine rings is 1. The average molecular weight is 298 g/mol. The highest BCUT2D eigenvalue weighted by atomic mass is 16.5. The second-order valence-electron chi connectivity index (χ2n) is 6.12. The summed E-state index contributed by atoms with van der Waals surface area (Å²) >= 11 is 0. The molecule has 0 aromatic heterocycles. The van der Waals surface area contributed by atoms with Crippen molar-refractivity contribution in [2.24, 2.45) is 5.92 Å². The van der Waals surface area contributed by atoms with Gasteiger partial charge in [0.1, 0.15) is 0 Å². The van der Waals surface area contributed by atoms with Crippen LogP contribution in [0.2, 0.25) is 0 Å². The predicted molar refractivity (Wildman–Crippen MR) is 77.6 cm³/mol. The van der Waals surface area contributed by atoms with Gasteiger partial charge in [0.05, 0.1) is 24.2 Å². The first-order valence-corrected chi connectivity index (χ1v) is 7.94. The molecule has 1 saturated carbocycles. The van der Waals surface area contributed by atoms with Gasteiger partial charge in [-0.25, -0.2) is 0 Å². The second kappa shape index (κ2) is 7.22. The number of aliphatic hydroxyl groups is 1. The van der Waals surface area contributed by atoms with Gasteiger partial charge < -0.3 is 20.5 Å². The summed E-state index contributed by atoms with van der Waals surface area (Å²) in [7, 11) is 0. The van der Waals surface area contributed by atoms with Crippen molar-refractivity contribution in [1.29, 1.82) is 0 Å². The zero-order valence-electron chi connectivity index (χ0n) is 12.7. The van der Waals surface area contributed by atoms with Crippen molar-refractivity contribution in [3.8, 4) is 0 Å². The highest BCUT2D eigenvalue weighted by Crippen LogP contribution is 2.32. The highest BCUT2D eigenvalue weighted by molar-refractivity contribution is 5.82. The quantitative estimate of drug-likeness (QED) is 0.637. The molecule has 2 rings (SSSR count). The van der Waals surface area contributed by atoms with E-state index >= 15 is 0 Å². The molecule has 0 radical (unpaired) electrons. The van der Waals surface area contributed by atoms with Crippen molar-refractivity contribution < 1.29 is 19.4 Å². The van der Waals surface area contributed by atoms with Gasteiger partial charge in [-0.2, -0.15) is 0 Å². The second-order valence-corrected chi connectivity index (χ2v) is 6.12. The Morgan fingerprint density at radius 3 is 2.76 bits per heavy atom. The molecule has 1 unspecified atom stereocenters. The lowest BCUT2D eigenvalue weighted by Gasteiger charge is -2.36. The summed E-state index contributed by atoms with van der Waals surface area (Å²) < 4.78 is 5.03. The van der Waals surface area contributed by atoms with E-state index in [1.165, 1.54) is 0 Å². The molecule has 0 spiro atoms. The van der Waals surface area contributed by atoms with Crippen LogP contribution in [0.1, 0.15) is 45.4 Å². The van der Waals surface area contributed by atoms with Gasteiger partial charge in [-0.05, 0) is 45.4 Å². The van der Waals surface area contributed by atoms with Crippen LogP contribution >= 0.6 is 0 Å². The minimum atomic E-state index is -0.819. The number of carbonyl (C=O) groups excluding carboxylic acids is 2. The van der Waals surface area contributed by atoms with E-state index in [1.807, 2.05) is 0 Å². The fourth-order valence-corrected chi connectivity index (χ4v) is 3.11. The molecule has 120 valence electrons. The van der Waals surface area contributed by atoms with Crippen LogP contribution in [0.5, 0.6) is 0 Å². The van der Waals surface area contributed by atoms with Crippen molar-refractivity contribution in [1.82, 2.24) is 10.6 Å². The Balaban J connectivity index is 1.76. The molecule has 0 aromatic carbocycles. The molecule has 1 heterocycles. The van der Waals surface area contributed by atoms with E-state index in [4.69, 9.17) is 4.74 Å². The number of esters is 1. The van der Waals surface area contributed by atoms with Crippen molar-refractivity contribution in [2.75, 3.05) is 19.7 Å². The van der Waals surface area contributed by atoms with Crippen LogP contribution in [0.3, 0.4) is 0 Å². The summed E-state index contributed by atoms with van der Waals surface area (Å²) in [5.74, 6) is -0.229. The first-order valence-electron chi connectivity index (χ1n) is 7.94. The molecule has 21 heavy (non-hydrogen) atoms. The van der Waals surface area contributed by atoms with Crippen molar-refractivity contribution >= 4 is 11.9 Å². The molecule has 1 aliphatic carbocycles. The van der Waals surface area contributed by atoms with Crippen LogP contribution in [0.4, 0.5) is 0 Å². The Morgan fingerprint density at radius 2 is 2.14 bits per heavy atom. The zero-order valence-corrected chi connectivity index (χ0v) is 12.7. The summed E-state index contributed by atoms with van der Waals surface area (Å²) in [6.45, 7) is 3.34. The molecule has 6 heteroatoms. The average Bonchev–Trinajstić information content (AvgIpc) is 2.47. The lowest BCUT2D eigenvalue weighted by molar-refractivity contribution is -0.151. The van der Waals surface area contributed by atoms with Crippen LogP contribution in [-0.2, 0) is 14.3 Å². The smallest absolute Gasteiger partial charge is 0.308 e. The lowest BCUT2D eigenvalue weighted by Crippen LogP contribution is -2.53. The summed E-state index contributed by atoms with van der Waals surface area (Å²) in [5.41, 5.74) is -0.819. The van der Waals surface area contributed by atoms with E-state index < -0.39 is 5.60 Å². The number of hydrogen-bond acceptors (Lipinski definition) is 5. The number of nitrogens with one attached hydrogen (secondary N) is 2. The normalized spacial score (nSPS) is 33.3. The molecular formula is C15H26N2O4. The molecule has 1 saturated heterocycles. The monoisotopic (exact) mass is 298 g/mol. The Morgan fingerprint density at radius 1 is 1.43 bits per heavy atom. The Hall–Kier alpha value is -1.14.